The van der Waals surface area contributed by atoms with Crippen molar-refractivity contribution in [3.63, 3.8) is 0 Å². The van der Waals surface area contributed by atoms with E-state index >= 15 is 0 Å². The fourth-order valence-electron chi connectivity index (χ4n) is 3.07. The maximum atomic E-state index is 12.0. The highest BCUT2D eigenvalue weighted by Gasteiger charge is 2.57. The minimum atomic E-state index is -1.19. The zero-order valence-corrected chi connectivity index (χ0v) is 13.4. The van der Waals surface area contributed by atoms with Crippen LogP contribution in [0.15, 0.2) is 0 Å². The van der Waals surface area contributed by atoms with Gasteiger partial charge in [0.1, 0.15) is 12.2 Å². The third-order valence-electron chi connectivity index (χ3n) is 4.45. The zero-order chi connectivity index (χ0) is 16.1. The number of fused-ring (bicyclic) bond motifs is 2. The monoisotopic (exact) mass is 316 g/mol. The molecule has 0 bridgehead atoms. The maximum Gasteiger partial charge on any atom is 0.309 e. The van der Waals surface area contributed by atoms with Crippen molar-refractivity contribution in [2.75, 3.05) is 0 Å². The van der Waals surface area contributed by atoms with E-state index in [-0.39, 0.29) is 24.1 Å². The second-order valence-corrected chi connectivity index (χ2v) is 6.65. The van der Waals surface area contributed by atoms with Crippen LogP contribution in [0.3, 0.4) is 0 Å². The van der Waals surface area contributed by atoms with Crippen molar-refractivity contribution in [1.29, 1.82) is 0 Å². The van der Waals surface area contributed by atoms with Crippen LogP contribution in [0.4, 0.5) is 0 Å². The Morgan fingerprint density at radius 2 is 2.05 bits per heavy atom. The fraction of sp³-hybridized carbons (Fsp3) is 0.933. The Morgan fingerprint density at radius 3 is 2.73 bits per heavy atom. The molecule has 0 saturated carbocycles. The van der Waals surface area contributed by atoms with Crippen LogP contribution in [-0.2, 0) is 28.5 Å². The van der Waals surface area contributed by atoms with Crippen molar-refractivity contribution in [2.24, 2.45) is 5.92 Å². The van der Waals surface area contributed by atoms with Gasteiger partial charge in [-0.1, -0.05) is 13.8 Å². The lowest BCUT2D eigenvalue weighted by Gasteiger charge is -2.33. The summed E-state index contributed by atoms with van der Waals surface area (Å²) in [5.41, 5.74) is 0. The Labute approximate surface area is 129 Å². The van der Waals surface area contributed by atoms with Crippen molar-refractivity contribution in [3.05, 3.63) is 0 Å². The summed E-state index contributed by atoms with van der Waals surface area (Å²) >= 11 is 0. The number of ether oxygens (including phenoxy) is 5. The lowest BCUT2D eigenvalue weighted by Crippen LogP contribution is -2.49. The lowest BCUT2D eigenvalue weighted by molar-refractivity contribution is -0.230. The van der Waals surface area contributed by atoms with E-state index in [1.165, 1.54) is 0 Å². The number of aliphatic hydroxyl groups excluding tert-OH is 1. The van der Waals surface area contributed by atoms with Crippen molar-refractivity contribution in [3.8, 4) is 0 Å². The summed E-state index contributed by atoms with van der Waals surface area (Å²) in [7, 11) is 0. The predicted molar refractivity (Wildman–Crippen MR) is 73.5 cm³/mol. The van der Waals surface area contributed by atoms with Gasteiger partial charge in [-0.3, -0.25) is 4.79 Å². The van der Waals surface area contributed by atoms with E-state index in [4.69, 9.17) is 23.7 Å². The summed E-state index contributed by atoms with van der Waals surface area (Å²) in [5.74, 6) is -1.30. The Kier molecular flexibility index (Phi) is 4.20. The first-order valence-corrected chi connectivity index (χ1v) is 7.86. The molecule has 7 heteroatoms. The number of hydrogen-bond donors (Lipinski definition) is 1. The molecule has 0 aromatic rings. The van der Waals surface area contributed by atoms with E-state index in [1.54, 1.807) is 6.92 Å². The molecule has 3 aliphatic heterocycles. The highest BCUT2D eigenvalue weighted by Crippen LogP contribution is 2.41. The number of hydrogen-bond acceptors (Lipinski definition) is 7. The van der Waals surface area contributed by atoms with Crippen molar-refractivity contribution >= 4 is 5.97 Å². The molecule has 22 heavy (non-hydrogen) atoms. The van der Waals surface area contributed by atoms with Crippen molar-refractivity contribution < 1.29 is 33.6 Å². The van der Waals surface area contributed by atoms with Gasteiger partial charge < -0.3 is 28.8 Å². The van der Waals surface area contributed by atoms with E-state index in [2.05, 4.69) is 0 Å². The highest BCUT2D eigenvalue weighted by atomic mass is 16.8. The number of rotatable bonds is 3. The van der Waals surface area contributed by atoms with Crippen LogP contribution in [0.2, 0.25) is 0 Å². The number of carbonyl (C=O) groups is 1. The van der Waals surface area contributed by atoms with E-state index in [0.29, 0.717) is 12.8 Å². The molecule has 7 atom stereocenters. The fourth-order valence-corrected chi connectivity index (χ4v) is 3.07. The molecule has 3 fully saturated rings. The molecule has 3 rings (SSSR count). The molecule has 1 N–H and O–H groups in total. The van der Waals surface area contributed by atoms with Gasteiger partial charge in [0.15, 0.2) is 24.5 Å². The first kappa shape index (κ1) is 16.1. The molecule has 126 valence electrons. The molecule has 3 saturated heterocycles. The average molecular weight is 316 g/mol. The summed E-state index contributed by atoms with van der Waals surface area (Å²) < 4.78 is 28.2. The summed E-state index contributed by atoms with van der Waals surface area (Å²) in [6.07, 6.45) is -2.50. The first-order chi connectivity index (χ1) is 10.3. The Balaban J connectivity index is 1.68. The lowest BCUT2D eigenvalue weighted by atomic mass is 10.0. The molecule has 0 aliphatic carbocycles. The number of aliphatic hydroxyl groups is 1. The smallest absolute Gasteiger partial charge is 0.309 e. The molecular weight excluding hydrogens is 292 g/mol. The van der Waals surface area contributed by atoms with Crippen LogP contribution >= 0.6 is 0 Å². The molecule has 0 radical (unpaired) electrons. The van der Waals surface area contributed by atoms with Crippen molar-refractivity contribution in [1.82, 2.24) is 0 Å². The normalized spacial score (nSPS) is 44.2. The second-order valence-electron chi connectivity index (χ2n) is 6.65. The van der Waals surface area contributed by atoms with Gasteiger partial charge in [-0.05, 0) is 20.3 Å². The third-order valence-corrected chi connectivity index (χ3v) is 4.45. The Morgan fingerprint density at radius 1 is 1.32 bits per heavy atom. The van der Waals surface area contributed by atoms with E-state index in [0.717, 1.165) is 0 Å². The quantitative estimate of drug-likeness (QED) is 0.775. The Hall–Kier alpha value is -0.730. The first-order valence-electron chi connectivity index (χ1n) is 7.86. The van der Waals surface area contributed by atoms with E-state index in [1.807, 2.05) is 20.8 Å². The summed E-state index contributed by atoms with van der Waals surface area (Å²) in [4.78, 5) is 12.0. The zero-order valence-electron chi connectivity index (χ0n) is 13.4. The molecular formula is C15H24O7. The van der Waals surface area contributed by atoms with Gasteiger partial charge in [-0.15, -0.1) is 0 Å². The summed E-state index contributed by atoms with van der Waals surface area (Å²) in [6, 6.07) is 0. The molecule has 0 aromatic heterocycles. The number of esters is 1. The average Bonchev–Trinajstić information content (AvgIpc) is 2.90. The minimum absolute atomic E-state index is 0.229. The largest absolute Gasteiger partial charge is 0.454 e. The molecule has 3 heterocycles. The Bertz CT molecular complexity index is 438. The van der Waals surface area contributed by atoms with Gasteiger partial charge >= 0.3 is 5.97 Å². The van der Waals surface area contributed by atoms with Crippen LogP contribution < -0.4 is 0 Å². The van der Waals surface area contributed by atoms with E-state index < -0.39 is 30.6 Å². The van der Waals surface area contributed by atoms with Crippen LogP contribution in [0.5, 0.6) is 0 Å². The van der Waals surface area contributed by atoms with Gasteiger partial charge in [0.25, 0.3) is 0 Å². The second kappa shape index (κ2) is 5.72. The molecule has 7 unspecified atom stereocenters. The SMILES string of the molecule is CCC(C)C(=O)OC1C(O)OC2CC3OC(C)(C)OC3OC21. The minimum Gasteiger partial charge on any atom is -0.454 e. The molecule has 0 aromatic carbocycles. The summed E-state index contributed by atoms with van der Waals surface area (Å²) in [6.45, 7) is 7.33. The molecule has 7 nitrogen and oxygen atoms in total. The third kappa shape index (κ3) is 2.88. The predicted octanol–water partition coefficient (Wildman–Crippen LogP) is 0.928. The van der Waals surface area contributed by atoms with Crippen LogP contribution in [-0.4, -0.2) is 53.9 Å². The van der Waals surface area contributed by atoms with Crippen LogP contribution in [0, 0.1) is 5.92 Å². The maximum absolute atomic E-state index is 12.0. The number of carbonyl (C=O) groups excluding carboxylic acids is 1. The van der Waals surface area contributed by atoms with Crippen molar-refractivity contribution in [2.45, 2.75) is 83.3 Å². The van der Waals surface area contributed by atoms with Gasteiger partial charge in [-0.25, -0.2) is 0 Å². The topological polar surface area (TPSA) is 83.5 Å². The van der Waals surface area contributed by atoms with Crippen LogP contribution in [0.25, 0.3) is 0 Å². The van der Waals surface area contributed by atoms with Gasteiger partial charge in [0, 0.05) is 6.42 Å². The van der Waals surface area contributed by atoms with Gasteiger partial charge in [-0.2, -0.15) is 0 Å². The summed E-state index contributed by atoms with van der Waals surface area (Å²) in [5, 5.41) is 10.0. The van der Waals surface area contributed by atoms with Crippen LogP contribution in [0.1, 0.15) is 40.5 Å². The van der Waals surface area contributed by atoms with Gasteiger partial charge in [0.05, 0.1) is 12.0 Å². The molecule has 0 spiro atoms. The molecule has 0 amide bonds. The molecule has 3 aliphatic rings. The highest BCUT2D eigenvalue weighted by molar-refractivity contribution is 5.72. The van der Waals surface area contributed by atoms with Gasteiger partial charge in [0.2, 0.25) is 0 Å². The van der Waals surface area contributed by atoms with E-state index in [9.17, 15) is 9.90 Å². The standard InChI is InChI=1S/C15H24O7/c1-5-7(2)12(16)19-11-10-8(18-13(11)17)6-9-14(20-10)22-15(3,4)21-9/h7-11,13-14,17H,5-6H2,1-4H3.